The number of hydrogen-bond acceptors (Lipinski definition) is 5. The number of likely N-dealkylation sites (N-methyl/N-ethyl adjacent to an activating group) is 1. The van der Waals surface area contributed by atoms with Gasteiger partial charge in [-0.2, -0.15) is 0 Å². The van der Waals surface area contributed by atoms with Crippen LogP contribution in [-0.4, -0.2) is 60.1 Å². The van der Waals surface area contributed by atoms with Gasteiger partial charge in [0.1, 0.15) is 17.3 Å². The lowest BCUT2D eigenvalue weighted by Crippen LogP contribution is -2.45. The van der Waals surface area contributed by atoms with Crippen molar-refractivity contribution >= 4 is 11.8 Å². The van der Waals surface area contributed by atoms with Crippen LogP contribution in [0.1, 0.15) is 36.2 Å². The van der Waals surface area contributed by atoms with Gasteiger partial charge in [0.25, 0.3) is 5.91 Å². The first-order valence-corrected chi connectivity index (χ1v) is 11.6. The highest BCUT2D eigenvalue weighted by atomic mass is 19.1. The molecule has 34 heavy (non-hydrogen) atoms. The highest BCUT2D eigenvalue weighted by Gasteiger charge is 2.30. The van der Waals surface area contributed by atoms with Gasteiger partial charge in [0.15, 0.2) is 0 Å². The van der Waals surface area contributed by atoms with Gasteiger partial charge in [0.05, 0.1) is 12.1 Å². The van der Waals surface area contributed by atoms with Crippen molar-refractivity contribution in [2.24, 2.45) is 0 Å². The smallest absolute Gasteiger partial charge is 0.254 e. The average molecular weight is 469 g/mol. The van der Waals surface area contributed by atoms with E-state index in [1.54, 1.807) is 23.1 Å². The molecule has 6 nitrogen and oxygen atoms in total. The zero-order valence-electron chi connectivity index (χ0n) is 19.8. The van der Waals surface area contributed by atoms with Crippen LogP contribution in [0.4, 0.5) is 14.7 Å². The van der Waals surface area contributed by atoms with Crippen molar-refractivity contribution in [3.63, 3.8) is 0 Å². The summed E-state index contributed by atoms with van der Waals surface area (Å²) in [5, 5.41) is 4.34. The number of carbonyl (C=O) groups excluding carboxylic acids is 1. The molecule has 1 unspecified atom stereocenters. The lowest BCUT2D eigenvalue weighted by molar-refractivity contribution is 0.0671. The summed E-state index contributed by atoms with van der Waals surface area (Å²) in [5.74, 6) is -0.433. The molecule has 1 aromatic heterocycles. The molecule has 0 saturated carbocycles. The van der Waals surface area contributed by atoms with Gasteiger partial charge in [-0.25, -0.2) is 8.78 Å². The Morgan fingerprint density at radius 2 is 1.79 bits per heavy atom. The van der Waals surface area contributed by atoms with E-state index in [0.29, 0.717) is 22.7 Å². The number of rotatable bonds is 7. The predicted octanol–water partition coefficient (Wildman–Crippen LogP) is 4.81. The number of hydrogen-bond donors (Lipinski definition) is 0. The summed E-state index contributed by atoms with van der Waals surface area (Å²) in [6.45, 7) is 7.50. The fourth-order valence-corrected chi connectivity index (χ4v) is 4.14. The fraction of sp³-hybridized carbons (Fsp3) is 0.385. The Hall–Kier alpha value is -3.26. The lowest BCUT2D eigenvalue weighted by atomic mass is 10.0. The molecular formula is C26H30F2N4O2. The van der Waals surface area contributed by atoms with Crippen LogP contribution in [-0.2, 0) is 6.54 Å². The summed E-state index contributed by atoms with van der Waals surface area (Å²) in [4.78, 5) is 19.6. The number of halogens is 2. The first-order valence-electron chi connectivity index (χ1n) is 11.6. The molecule has 0 radical (unpaired) electrons. The van der Waals surface area contributed by atoms with Gasteiger partial charge < -0.3 is 19.2 Å². The van der Waals surface area contributed by atoms with Gasteiger partial charge in [0.2, 0.25) is 5.88 Å². The minimum Gasteiger partial charge on any atom is -0.338 e. The topological polar surface area (TPSA) is 52.8 Å². The van der Waals surface area contributed by atoms with E-state index < -0.39 is 5.82 Å². The van der Waals surface area contributed by atoms with E-state index in [1.165, 1.54) is 30.3 Å². The average Bonchev–Trinajstić information content (AvgIpc) is 3.26. The van der Waals surface area contributed by atoms with E-state index in [-0.39, 0.29) is 24.3 Å². The molecular weight excluding hydrogens is 438 g/mol. The zero-order valence-corrected chi connectivity index (χ0v) is 19.8. The number of nitrogens with zero attached hydrogens (tertiary/aromatic N) is 4. The van der Waals surface area contributed by atoms with Crippen LogP contribution in [0, 0.1) is 11.6 Å². The SMILES string of the molecule is CCC(C)N(Cc1c(-c2ccc(F)cc2)noc1N1CCN(C)CC1)C(=O)c1cccc(F)c1. The molecule has 0 N–H and O–H groups in total. The van der Waals surface area contributed by atoms with E-state index in [2.05, 4.69) is 22.0 Å². The number of amides is 1. The monoisotopic (exact) mass is 468 g/mol. The number of piperazine rings is 1. The highest BCUT2D eigenvalue weighted by molar-refractivity contribution is 5.94. The summed E-state index contributed by atoms with van der Waals surface area (Å²) in [6, 6.07) is 11.7. The van der Waals surface area contributed by atoms with E-state index in [4.69, 9.17) is 4.52 Å². The third-order valence-corrected chi connectivity index (χ3v) is 6.46. The van der Waals surface area contributed by atoms with Crippen molar-refractivity contribution in [3.05, 3.63) is 71.3 Å². The Kier molecular flexibility index (Phi) is 7.26. The first-order chi connectivity index (χ1) is 16.4. The molecule has 1 aliphatic heterocycles. The molecule has 1 aliphatic rings. The standard InChI is InChI=1S/C26H30F2N4O2/c1-4-18(2)32(25(33)20-6-5-7-22(28)16-20)17-23-24(19-8-10-21(27)11-9-19)29-34-26(23)31-14-12-30(3)13-15-31/h5-11,16,18H,4,12-15,17H2,1-3H3. The molecule has 0 bridgehead atoms. The zero-order chi connectivity index (χ0) is 24.2. The second kappa shape index (κ2) is 10.3. The number of aromatic nitrogens is 1. The molecule has 8 heteroatoms. The molecule has 1 fully saturated rings. The van der Waals surface area contributed by atoms with Crippen LogP contribution in [0.25, 0.3) is 11.3 Å². The molecule has 0 spiro atoms. The number of benzene rings is 2. The van der Waals surface area contributed by atoms with E-state index in [9.17, 15) is 13.6 Å². The molecule has 0 aliphatic carbocycles. The first kappa shape index (κ1) is 23.9. The minimum absolute atomic E-state index is 0.105. The van der Waals surface area contributed by atoms with Gasteiger partial charge in [-0.05, 0) is 62.9 Å². The molecule has 4 rings (SSSR count). The van der Waals surface area contributed by atoms with Crippen LogP contribution >= 0.6 is 0 Å². The van der Waals surface area contributed by atoms with Crippen molar-refractivity contribution in [1.29, 1.82) is 0 Å². The fourth-order valence-electron chi connectivity index (χ4n) is 4.14. The van der Waals surface area contributed by atoms with Gasteiger partial charge in [-0.15, -0.1) is 0 Å². The van der Waals surface area contributed by atoms with Crippen molar-refractivity contribution in [2.75, 3.05) is 38.1 Å². The Morgan fingerprint density at radius 1 is 1.09 bits per heavy atom. The van der Waals surface area contributed by atoms with E-state index >= 15 is 0 Å². The van der Waals surface area contributed by atoms with Gasteiger partial charge in [-0.1, -0.05) is 18.1 Å². The summed E-state index contributed by atoms with van der Waals surface area (Å²) in [5.41, 5.74) is 2.35. The van der Waals surface area contributed by atoms with Crippen molar-refractivity contribution in [3.8, 4) is 11.3 Å². The normalized spacial score (nSPS) is 15.4. The lowest BCUT2D eigenvalue weighted by Gasteiger charge is -2.33. The highest BCUT2D eigenvalue weighted by Crippen LogP contribution is 2.34. The molecule has 1 amide bonds. The van der Waals surface area contributed by atoms with Gasteiger partial charge in [-0.3, -0.25) is 4.79 Å². The second-order valence-electron chi connectivity index (χ2n) is 8.81. The maximum absolute atomic E-state index is 13.9. The second-order valence-corrected chi connectivity index (χ2v) is 8.81. The third-order valence-electron chi connectivity index (χ3n) is 6.46. The van der Waals surface area contributed by atoms with E-state index in [1.807, 2.05) is 13.8 Å². The Bertz CT molecular complexity index is 1120. The van der Waals surface area contributed by atoms with Gasteiger partial charge in [0, 0.05) is 43.3 Å². The largest absolute Gasteiger partial charge is 0.338 e. The van der Waals surface area contributed by atoms with Crippen LogP contribution in [0.2, 0.25) is 0 Å². The minimum atomic E-state index is -0.454. The molecule has 1 atom stereocenters. The van der Waals surface area contributed by atoms with E-state index in [0.717, 1.165) is 38.2 Å². The molecule has 3 aromatic rings. The molecule has 180 valence electrons. The van der Waals surface area contributed by atoms with Crippen molar-refractivity contribution in [1.82, 2.24) is 15.0 Å². The van der Waals surface area contributed by atoms with Gasteiger partial charge >= 0.3 is 0 Å². The molecule has 2 aromatic carbocycles. The summed E-state index contributed by atoms with van der Waals surface area (Å²) in [7, 11) is 2.07. The van der Waals surface area contributed by atoms with Crippen molar-refractivity contribution in [2.45, 2.75) is 32.9 Å². The maximum atomic E-state index is 13.9. The number of anilines is 1. The summed E-state index contributed by atoms with van der Waals surface area (Å²) >= 11 is 0. The third kappa shape index (κ3) is 5.12. The molecule has 1 saturated heterocycles. The summed E-state index contributed by atoms with van der Waals surface area (Å²) in [6.07, 6.45) is 0.724. The predicted molar refractivity (Wildman–Crippen MR) is 128 cm³/mol. The summed E-state index contributed by atoms with van der Waals surface area (Å²) < 4.78 is 33.3. The maximum Gasteiger partial charge on any atom is 0.254 e. The van der Waals surface area contributed by atoms with Crippen molar-refractivity contribution < 1.29 is 18.1 Å². The quantitative estimate of drug-likeness (QED) is 0.498. The van der Waals surface area contributed by atoms with Crippen LogP contribution in [0.3, 0.4) is 0 Å². The Labute approximate surface area is 198 Å². The van der Waals surface area contributed by atoms with Crippen LogP contribution in [0.15, 0.2) is 53.1 Å². The number of carbonyl (C=O) groups is 1. The molecule has 2 heterocycles. The Morgan fingerprint density at radius 3 is 2.44 bits per heavy atom. The Balaban J connectivity index is 1.75. The van der Waals surface area contributed by atoms with Crippen LogP contribution in [0.5, 0.6) is 0 Å². The van der Waals surface area contributed by atoms with Crippen LogP contribution < -0.4 is 4.90 Å².